The molecule has 0 spiro atoms. The Morgan fingerprint density at radius 3 is 2.44 bits per heavy atom. The van der Waals surface area contributed by atoms with E-state index < -0.39 is 34.3 Å². The highest BCUT2D eigenvalue weighted by Crippen LogP contribution is 2.27. The molecule has 1 fully saturated rings. The number of rotatable bonds is 10. The number of ether oxygens (including phenoxy) is 1. The molecule has 0 bridgehead atoms. The van der Waals surface area contributed by atoms with Crippen molar-refractivity contribution in [2.24, 2.45) is 0 Å². The summed E-state index contributed by atoms with van der Waals surface area (Å²) < 4.78 is 82.3. The monoisotopic (exact) mass is 596 g/mol. The van der Waals surface area contributed by atoms with Gasteiger partial charge in [-0.3, -0.25) is 14.7 Å². The van der Waals surface area contributed by atoms with Crippen molar-refractivity contribution >= 4 is 21.7 Å². The van der Waals surface area contributed by atoms with E-state index in [0.717, 1.165) is 5.56 Å². The van der Waals surface area contributed by atoms with E-state index in [9.17, 15) is 30.8 Å². The van der Waals surface area contributed by atoms with Crippen LogP contribution in [0.2, 0.25) is 0 Å². The van der Waals surface area contributed by atoms with Gasteiger partial charge in [-0.25, -0.2) is 17.5 Å². The molecule has 1 aliphatic rings. The van der Waals surface area contributed by atoms with Crippen molar-refractivity contribution in [3.05, 3.63) is 65.9 Å². The minimum absolute atomic E-state index is 0.339. The smallest absolute Gasteiger partial charge is 0.390 e. The van der Waals surface area contributed by atoms with Gasteiger partial charge in [0.25, 0.3) is 5.91 Å². The number of pyridine rings is 1. The van der Waals surface area contributed by atoms with E-state index in [1.54, 1.807) is 29.2 Å². The van der Waals surface area contributed by atoms with Gasteiger partial charge < -0.3 is 9.64 Å². The molecule has 1 saturated heterocycles. The van der Waals surface area contributed by atoms with Crippen LogP contribution in [0, 0.1) is 5.82 Å². The van der Waals surface area contributed by atoms with Crippen LogP contribution in [0.25, 0.3) is 11.1 Å². The number of nitrogens with one attached hydrogen (secondary N) is 1. The van der Waals surface area contributed by atoms with Gasteiger partial charge in [0, 0.05) is 50.0 Å². The van der Waals surface area contributed by atoms with E-state index in [-0.39, 0.29) is 11.5 Å². The first-order valence-electron chi connectivity index (χ1n) is 12.7. The van der Waals surface area contributed by atoms with Crippen molar-refractivity contribution in [1.82, 2.24) is 24.8 Å². The highest BCUT2D eigenvalue weighted by atomic mass is 32.2. The molecule has 10 nitrogen and oxygen atoms in total. The molecule has 15 heteroatoms. The SMILES string of the molecule is CCOc1cncc(-c2ccc(CN3CCN(c4ccc(C(=O)NS(=O)(=O)CCC(F)(F)F)nn4)CC3)cc2F)c1. The van der Waals surface area contributed by atoms with Gasteiger partial charge >= 0.3 is 6.18 Å². The first-order chi connectivity index (χ1) is 19.4. The van der Waals surface area contributed by atoms with Crippen LogP contribution in [0.5, 0.6) is 5.75 Å². The van der Waals surface area contributed by atoms with Crippen molar-refractivity contribution in [3.63, 3.8) is 0 Å². The molecule has 0 atom stereocenters. The minimum atomic E-state index is -4.67. The van der Waals surface area contributed by atoms with E-state index >= 15 is 0 Å². The van der Waals surface area contributed by atoms with Crippen LogP contribution in [0.15, 0.2) is 48.8 Å². The number of hydrogen-bond donors (Lipinski definition) is 1. The Hall–Kier alpha value is -3.85. The number of aromatic nitrogens is 3. The molecular formula is C26H28F4N6O4S. The molecule has 1 N–H and O–H groups in total. The fourth-order valence-corrected chi connectivity index (χ4v) is 5.19. The van der Waals surface area contributed by atoms with Gasteiger partial charge in [-0.2, -0.15) is 13.2 Å². The molecule has 3 aromatic rings. The second-order valence-corrected chi connectivity index (χ2v) is 11.2. The van der Waals surface area contributed by atoms with Crippen LogP contribution in [0.3, 0.4) is 0 Å². The van der Waals surface area contributed by atoms with Crippen LogP contribution < -0.4 is 14.4 Å². The van der Waals surface area contributed by atoms with Crippen LogP contribution >= 0.6 is 0 Å². The average molecular weight is 597 g/mol. The number of alkyl halides is 3. The van der Waals surface area contributed by atoms with Gasteiger partial charge in [0.1, 0.15) is 11.6 Å². The van der Waals surface area contributed by atoms with Crippen LogP contribution in [0.1, 0.15) is 29.4 Å². The quantitative estimate of drug-likeness (QED) is 0.352. The molecule has 0 unspecified atom stereocenters. The van der Waals surface area contributed by atoms with Crippen LogP contribution in [0.4, 0.5) is 23.4 Å². The highest BCUT2D eigenvalue weighted by molar-refractivity contribution is 7.90. The second-order valence-electron chi connectivity index (χ2n) is 9.31. The van der Waals surface area contributed by atoms with Gasteiger partial charge in [-0.05, 0) is 36.8 Å². The summed E-state index contributed by atoms with van der Waals surface area (Å²) in [5, 5.41) is 7.71. The highest BCUT2D eigenvalue weighted by Gasteiger charge is 2.31. The number of anilines is 1. The van der Waals surface area contributed by atoms with Crippen molar-refractivity contribution in [1.29, 1.82) is 0 Å². The molecule has 0 saturated carbocycles. The summed E-state index contributed by atoms with van der Waals surface area (Å²) in [6, 6.07) is 9.60. The Balaban J connectivity index is 1.29. The van der Waals surface area contributed by atoms with E-state index in [4.69, 9.17) is 4.74 Å². The topological polar surface area (TPSA) is 118 Å². The zero-order valence-corrected chi connectivity index (χ0v) is 22.9. The van der Waals surface area contributed by atoms with Crippen molar-refractivity contribution < 1.29 is 35.5 Å². The number of piperazine rings is 1. The molecule has 41 heavy (non-hydrogen) atoms. The molecular weight excluding hydrogens is 568 g/mol. The van der Waals surface area contributed by atoms with E-state index in [2.05, 4.69) is 20.1 Å². The van der Waals surface area contributed by atoms with Gasteiger partial charge in [-0.1, -0.05) is 12.1 Å². The van der Waals surface area contributed by atoms with Crippen LogP contribution in [-0.2, 0) is 16.6 Å². The normalized spacial score (nSPS) is 14.6. The maximum atomic E-state index is 14.9. The summed E-state index contributed by atoms with van der Waals surface area (Å²) >= 11 is 0. The fraction of sp³-hybridized carbons (Fsp3) is 0.385. The number of amides is 1. The Morgan fingerprint density at radius 2 is 1.80 bits per heavy atom. The Labute approximate surface area is 234 Å². The zero-order chi connectivity index (χ0) is 29.6. The number of carbonyl (C=O) groups excluding carboxylic acids is 1. The third-order valence-corrected chi connectivity index (χ3v) is 7.49. The number of carbonyl (C=O) groups is 1. The first kappa shape index (κ1) is 30.1. The van der Waals surface area contributed by atoms with Crippen LogP contribution in [-0.4, -0.2) is 79.1 Å². The summed E-state index contributed by atoms with van der Waals surface area (Å²) in [6.45, 7) is 5.31. The van der Waals surface area contributed by atoms with E-state index in [0.29, 0.717) is 62.0 Å². The second kappa shape index (κ2) is 12.8. The maximum Gasteiger partial charge on any atom is 0.390 e. The van der Waals surface area contributed by atoms with Gasteiger partial charge in [-0.15, -0.1) is 10.2 Å². The lowest BCUT2D eigenvalue weighted by molar-refractivity contribution is -0.130. The van der Waals surface area contributed by atoms with Crippen molar-refractivity contribution in [2.75, 3.05) is 43.4 Å². The predicted octanol–water partition coefficient (Wildman–Crippen LogP) is 3.41. The molecule has 1 aliphatic heterocycles. The van der Waals surface area contributed by atoms with E-state index in [1.165, 1.54) is 18.2 Å². The van der Waals surface area contributed by atoms with Crippen molar-refractivity contribution in [3.8, 4) is 16.9 Å². The standard InChI is InChI=1S/C26H28F4N6O4S/c1-2-40-20-14-19(15-31-16-20)21-4-3-18(13-22(21)27)17-35-8-10-36(11-9-35)24-6-5-23(32-33-24)25(37)34-41(38,39)12-7-26(28,29)30/h3-6,13-16H,2,7-12,17H2,1H3,(H,34,37). The van der Waals surface area contributed by atoms with Crippen molar-refractivity contribution in [2.45, 2.75) is 26.1 Å². The predicted molar refractivity (Wildman–Crippen MR) is 142 cm³/mol. The maximum absolute atomic E-state index is 14.9. The molecule has 2 aromatic heterocycles. The lowest BCUT2D eigenvalue weighted by atomic mass is 10.0. The molecule has 0 aliphatic carbocycles. The minimum Gasteiger partial charge on any atom is -0.492 e. The lowest BCUT2D eigenvalue weighted by Crippen LogP contribution is -2.46. The fourth-order valence-electron chi connectivity index (χ4n) is 4.21. The van der Waals surface area contributed by atoms with Gasteiger partial charge in [0.15, 0.2) is 11.5 Å². The van der Waals surface area contributed by atoms with Gasteiger partial charge in [0.05, 0.1) is 25.0 Å². The molecule has 220 valence electrons. The number of hydrogen-bond acceptors (Lipinski definition) is 9. The average Bonchev–Trinajstić information content (AvgIpc) is 2.92. The summed E-state index contributed by atoms with van der Waals surface area (Å²) in [5.74, 6) is -1.76. The van der Waals surface area contributed by atoms with E-state index in [1.807, 2.05) is 17.9 Å². The number of sulfonamides is 1. The number of halogens is 4. The molecule has 0 radical (unpaired) electrons. The number of benzene rings is 1. The van der Waals surface area contributed by atoms with Gasteiger partial charge in [0.2, 0.25) is 10.0 Å². The largest absolute Gasteiger partial charge is 0.492 e. The Bertz CT molecular complexity index is 1460. The summed E-state index contributed by atoms with van der Waals surface area (Å²) in [7, 11) is -4.48. The zero-order valence-electron chi connectivity index (χ0n) is 22.1. The molecule has 1 aromatic carbocycles. The molecule has 1 amide bonds. The number of nitrogens with zero attached hydrogens (tertiary/aromatic N) is 5. The summed E-state index contributed by atoms with van der Waals surface area (Å²) in [5.41, 5.74) is 1.53. The lowest BCUT2D eigenvalue weighted by Gasteiger charge is -2.35. The molecule has 3 heterocycles. The third-order valence-electron chi connectivity index (χ3n) is 6.26. The summed E-state index contributed by atoms with van der Waals surface area (Å²) in [6.07, 6.45) is -3.08. The third kappa shape index (κ3) is 8.57. The first-order valence-corrected chi connectivity index (χ1v) is 14.4. The molecule has 4 rings (SSSR count). The summed E-state index contributed by atoms with van der Waals surface area (Å²) in [4.78, 5) is 20.3. The Morgan fingerprint density at radius 1 is 1.05 bits per heavy atom. The Kier molecular flexibility index (Phi) is 9.38.